The molecule has 1 N–H and O–H groups in total. The molecule has 5 rings (SSSR count). The Morgan fingerprint density at radius 3 is 2.56 bits per heavy atom. The number of cyclic esters (lactones) is 1. The second-order valence-electron chi connectivity index (χ2n) is 9.19. The molecule has 11 heteroatoms. The lowest BCUT2D eigenvalue weighted by Crippen LogP contribution is -2.49. The fraction of sp³-hybridized carbons (Fsp3) is 0.571. The van der Waals surface area contributed by atoms with E-state index in [4.69, 9.17) is 4.74 Å². The number of hydrogen-bond donors (Lipinski definition) is 1. The molecule has 0 atom stereocenters. The third kappa shape index (κ3) is 3.56. The summed E-state index contributed by atoms with van der Waals surface area (Å²) in [6.07, 6.45) is 5.76. The number of nitrogens with zero attached hydrogens (tertiary/aromatic N) is 7. The number of amides is 1. The number of rotatable bonds is 5. The summed E-state index contributed by atoms with van der Waals surface area (Å²) in [5.41, 5.74) is 1.74. The highest BCUT2D eigenvalue weighted by atomic mass is 16.5. The molecular weight excluding hydrogens is 412 g/mol. The fourth-order valence-corrected chi connectivity index (χ4v) is 4.89. The minimum absolute atomic E-state index is 0.0727. The summed E-state index contributed by atoms with van der Waals surface area (Å²) in [5, 5.41) is 23.1. The first-order valence-corrected chi connectivity index (χ1v) is 10.9. The number of carbonyl (C=O) groups excluding carboxylic acids is 2. The van der Waals surface area contributed by atoms with Crippen molar-refractivity contribution in [3.8, 4) is 5.82 Å². The number of ether oxygens (including phenoxy) is 1. The van der Waals surface area contributed by atoms with Crippen molar-refractivity contribution in [2.24, 2.45) is 5.41 Å². The first-order chi connectivity index (χ1) is 15.4. The smallest absolute Gasteiger partial charge is 0.336 e. The van der Waals surface area contributed by atoms with Crippen LogP contribution in [0.3, 0.4) is 0 Å². The van der Waals surface area contributed by atoms with Crippen LogP contribution in [0.2, 0.25) is 0 Å². The second-order valence-corrected chi connectivity index (χ2v) is 9.19. The molecule has 1 saturated carbocycles. The molecule has 2 fully saturated rings. The lowest BCUT2D eigenvalue weighted by molar-refractivity contribution is -0.138. The van der Waals surface area contributed by atoms with Crippen molar-refractivity contribution in [3.63, 3.8) is 0 Å². The topological polar surface area (TPSA) is 128 Å². The van der Waals surface area contributed by atoms with Crippen LogP contribution in [0.1, 0.15) is 51.6 Å². The maximum absolute atomic E-state index is 13.3. The van der Waals surface area contributed by atoms with Gasteiger partial charge in [-0.2, -0.15) is 9.78 Å². The lowest BCUT2D eigenvalue weighted by Gasteiger charge is -2.42. The van der Waals surface area contributed by atoms with Gasteiger partial charge in [-0.1, -0.05) is 0 Å². The molecular formula is C21H26N8O3. The van der Waals surface area contributed by atoms with Crippen molar-refractivity contribution in [1.29, 1.82) is 0 Å². The molecule has 0 radical (unpaired) electrons. The normalized spacial score (nSPS) is 28.1. The van der Waals surface area contributed by atoms with Crippen LogP contribution in [-0.4, -0.2) is 65.9 Å². The van der Waals surface area contributed by atoms with Crippen LogP contribution in [0.5, 0.6) is 0 Å². The Labute approximate surface area is 185 Å². The van der Waals surface area contributed by atoms with Crippen LogP contribution in [-0.2, 0) is 20.9 Å². The second kappa shape index (κ2) is 7.73. The summed E-state index contributed by atoms with van der Waals surface area (Å²) in [6.45, 7) is 5.41. The molecule has 1 saturated heterocycles. The maximum Gasteiger partial charge on any atom is 0.336 e. The Morgan fingerprint density at radius 2 is 1.94 bits per heavy atom. The summed E-state index contributed by atoms with van der Waals surface area (Å²) in [4.78, 5) is 26.8. The van der Waals surface area contributed by atoms with Crippen molar-refractivity contribution in [2.75, 3.05) is 13.2 Å². The SMILES string of the molecule is CC1=C(N2CCC3(CCC(C)(NCc4ccc(-n5cnnn5)nn4)CC3)C2=O)COC1=O. The summed E-state index contributed by atoms with van der Waals surface area (Å²) < 4.78 is 6.57. The molecule has 168 valence electrons. The molecule has 3 aliphatic rings. The molecule has 1 amide bonds. The number of tetrazole rings is 1. The Bertz CT molecular complexity index is 1060. The summed E-state index contributed by atoms with van der Waals surface area (Å²) in [5.74, 6) is 0.396. The van der Waals surface area contributed by atoms with E-state index in [0.29, 0.717) is 24.5 Å². The van der Waals surface area contributed by atoms with E-state index >= 15 is 0 Å². The van der Waals surface area contributed by atoms with Gasteiger partial charge < -0.3 is 15.0 Å². The zero-order valence-corrected chi connectivity index (χ0v) is 18.2. The molecule has 0 aromatic carbocycles. The monoisotopic (exact) mass is 438 g/mol. The highest BCUT2D eigenvalue weighted by Gasteiger charge is 2.52. The minimum Gasteiger partial charge on any atom is -0.456 e. The Kier molecular flexibility index (Phi) is 5.00. The first kappa shape index (κ1) is 20.7. The Hall–Kier alpha value is -3.21. The first-order valence-electron chi connectivity index (χ1n) is 10.9. The van der Waals surface area contributed by atoms with E-state index in [1.807, 2.05) is 12.1 Å². The van der Waals surface area contributed by atoms with Crippen LogP contribution >= 0.6 is 0 Å². The van der Waals surface area contributed by atoms with Crippen LogP contribution in [0, 0.1) is 5.41 Å². The lowest BCUT2D eigenvalue weighted by atomic mass is 9.67. The van der Waals surface area contributed by atoms with E-state index in [1.165, 1.54) is 11.0 Å². The molecule has 32 heavy (non-hydrogen) atoms. The van der Waals surface area contributed by atoms with Crippen LogP contribution in [0.15, 0.2) is 29.7 Å². The zero-order chi connectivity index (χ0) is 22.3. The average molecular weight is 438 g/mol. The van der Waals surface area contributed by atoms with Crippen LogP contribution in [0.4, 0.5) is 0 Å². The number of likely N-dealkylation sites (tertiary alicyclic amines) is 1. The molecule has 0 bridgehead atoms. The minimum atomic E-state index is -0.326. The number of nitrogens with one attached hydrogen (secondary N) is 1. The Balaban J connectivity index is 1.19. The predicted molar refractivity (Wildman–Crippen MR) is 111 cm³/mol. The van der Waals surface area contributed by atoms with Crippen molar-refractivity contribution >= 4 is 11.9 Å². The highest BCUT2D eigenvalue weighted by Crippen LogP contribution is 2.48. The van der Waals surface area contributed by atoms with Gasteiger partial charge in [-0.05, 0) is 68.5 Å². The fourth-order valence-electron chi connectivity index (χ4n) is 4.89. The molecule has 0 unspecified atom stereocenters. The van der Waals surface area contributed by atoms with Gasteiger partial charge in [0.1, 0.15) is 12.9 Å². The molecule has 2 aromatic rings. The van der Waals surface area contributed by atoms with Crippen molar-refractivity contribution < 1.29 is 14.3 Å². The quantitative estimate of drug-likeness (QED) is 0.678. The van der Waals surface area contributed by atoms with Gasteiger partial charge in [0.05, 0.1) is 22.4 Å². The number of esters is 1. The predicted octanol–water partition coefficient (Wildman–Crippen LogP) is 0.924. The van der Waals surface area contributed by atoms with Gasteiger partial charge >= 0.3 is 5.97 Å². The molecule has 11 nitrogen and oxygen atoms in total. The van der Waals surface area contributed by atoms with Crippen LogP contribution < -0.4 is 5.32 Å². The summed E-state index contributed by atoms with van der Waals surface area (Å²) in [6, 6.07) is 3.74. The van der Waals surface area contributed by atoms with E-state index < -0.39 is 0 Å². The standard InChI is InChI=1S/C21H26N8O3/c1-14-16(12-32-18(14)30)28-10-9-21(19(28)31)7-5-20(2,6-8-21)22-11-15-3-4-17(25-24-15)29-13-23-26-27-29/h3-4,13,22H,5-12H2,1-2H3. The van der Waals surface area contributed by atoms with Gasteiger partial charge in [0.2, 0.25) is 5.91 Å². The molecule has 2 aromatic heterocycles. The van der Waals surface area contributed by atoms with Crippen molar-refractivity contribution in [2.45, 2.75) is 58.0 Å². The van der Waals surface area contributed by atoms with E-state index in [1.54, 1.807) is 11.8 Å². The van der Waals surface area contributed by atoms with Crippen molar-refractivity contribution in [1.82, 2.24) is 40.6 Å². The Morgan fingerprint density at radius 1 is 1.12 bits per heavy atom. The molecule has 2 aliphatic heterocycles. The van der Waals surface area contributed by atoms with E-state index in [2.05, 4.69) is 38.0 Å². The van der Waals surface area contributed by atoms with E-state index in [0.717, 1.165) is 43.5 Å². The average Bonchev–Trinajstić information content (AvgIpc) is 3.52. The number of carbonyl (C=O) groups is 2. The van der Waals surface area contributed by atoms with Gasteiger partial charge in [-0.3, -0.25) is 4.79 Å². The number of aromatic nitrogens is 6. The zero-order valence-electron chi connectivity index (χ0n) is 18.2. The van der Waals surface area contributed by atoms with Gasteiger partial charge in [0, 0.05) is 18.6 Å². The molecule has 1 aliphatic carbocycles. The van der Waals surface area contributed by atoms with E-state index in [-0.39, 0.29) is 29.4 Å². The third-order valence-electron chi connectivity index (χ3n) is 7.21. The van der Waals surface area contributed by atoms with Gasteiger partial charge in [0.25, 0.3) is 0 Å². The number of hydrogen-bond acceptors (Lipinski definition) is 9. The van der Waals surface area contributed by atoms with Crippen molar-refractivity contribution in [3.05, 3.63) is 35.4 Å². The molecule has 1 spiro atoms. The van der Waals surface area contributed by atoms with Crippen LogP contribution in [0.25, 0.3) is 5.82 Å². The summed E-state index contributed by atoms with van der Waals surface area (Å²) in [7, 11) is 0. The maximum atomic E-state index is 13.3. The third-order valence-corrected chi connectivity index (χ3v) is 7.21. The van der Waals surface area contributed by atoms with Gasteiger partial charge in [-0.25, -0.2) is 4.79 Å². The highest BCUT2D eigenvalue weighted by molar-refractivity contribution is 5.94. The summed E-state index contributed by atoms with van der Waals surface area (Å²) >= 11 is 0. The molecule has 4 heterocycles. The van der Waals surface area contributed by atoms with E-state index in [9.17, 15) is 9.59 Å². The largest absolute Gasteiger partial charge is 0.456 e. The van der Waals surface area contributed by atoms with Gasteiger partial charge in [-0.15, -0.1) is 10.2 Å². The van der Waals surface area contributed by atoms with Gasteiger partial charge in [0.15, 0.2) is 5.82 Å².